The highest BCUT2D eigenvalue weighted by atomic mass is 19.4. The molecule has 0 saturated carbocycles. The number of nitrogens with zero attached hydrogens (tertiary/aromatic N) is 2. The second-order valence-corrected chi connectivity index (χ2v) is 4.07. The molecule has 1 fully saturated rings. The monoisotopic (exact) mass is 266 g/mol. The Bertz CT molecular complexity index is 321. The third-order valence-electron chi connectivity index (χ3n) is 2.64. The molecule has 1 heterocycles. The Hall–Kier alpha value is -1.24. The van der Waals surface area contributed by atoms with Gasteiger partial charge in [0.1, 0.15) is 0 Å². The molecule has 0 radical (unpaired) electrons. The summed E-state index contributed by atoms with van der Waals surface area (Å²) in [5.74, 6) is -1.88. The number of alkyl halides is 3. The predicted molar refractivity (Wildman–Crippen MR) is 59.8 cm³/mol. The summed E-state index contributed by atoms with van der Waals surface area (Å²) in [6, 6.07) is 0. The van der Waals surface area contributed by atoms with Crippen LogP contribution in [-0.2, 0) is 9.53 Å². The molecule has 0 spiro atoms. The van der Waals surface area contributed by atoms with E-state index < -0.39 is 12.0 Å². The predicted octanol–water partition coefficient (Wildman–Crippen LogP) is 1.24. The fourth-order valence-electron chi connectivity index (χ4n) is 1.59. The van der Waals surface area contributed by atoms with Gasteiger partial charge in [0, 0.05) is 26.2 Å². The normalized spacial score (nSPS) is 18.9. The van der Waals surface area contributed by atoms with Crippen LogP contribution < -0.4 is 0 Å². The Balaban J connectivity index is 2.76. The summed E-state index contributed by atoms with van der Waals surface area (Å²) < 4.78 is 41.7. The maximum absolute atomic E-state index is 12.2. The molecule has 1 aliphatic rings. The van der Waals surface area contributed by atoms with Crippen LogP contribution in [0, 0.1) is 0 Å². The van der Waals surface area contributed by atoms with E-state index in [4.69, 9.17) is 4.74 Å². The molecular formula is C11H17F3N2O2. The quantitative estimate of drug-likeness (QED) is 0.566. The van der Waals surface area contributed by atoms with Crippen LogP contribution in [0.3, 0.4) is 0 Å². The zero-order valence-electron chi connectivity index (χ0n) is 10.5. The minimum Gasteiger partial charge on any atom is -0.479 e. The van der Waals surface area contributed by atoms with Crippen molar-refractivity contribution >= 4 is 5.78 Å². The Kier molecular flexibility index (Phi) is 5.01. The number of halogens is 3. The second-order valence-electron chi connectivity index (χ2n) is 4.07. The van der Waals surface area contributed by atoms with E-state index in [0.717, 1.165) is 13.1 Å². The number of hydrogen-bond donors (Lipinski definition) is 0. The van der Waals surface area contributed by atoms with E-state index in [0.29, 0.717) is 19.2 Å². The van der Waals surface area contributed by atoms with Gasteiger partial charge in [-0.1, -0.05) is 0 Å². The highest BCUT2D eigenvalue weighted by Crippen LogP contribution is 2.19. The Morgan fingerprint density at radius 1 is 1.28 bits per heavy atom. The lowest BCUT2D eigenvalue weighted by molar-refractivity contribution is -0.165. The summed E-state index contributed by atoms with van der Waals surface area (Å²) in [6.07, 6.45) is -4.32. The van der Waals surface area contributed by atoms with Gasteiger partial charge in [0.2, 0.25) is 0 Å². The first-order chi connectivity index (χ1) is 8.34. The van der Waals surface area contributed by atoms with Gasteiger partial charge >= 0.3 is 6.18 Å². The fourth-order valence-corrected chi connectivity index (χ4v) is 1.59. The van der Waals surface area contributed by atoms with Gasteiger partial charge in [0.05, 0.1) is 12.7 Å². The number of piperazine rings is 1. The zero-order valence-corrected chi connectivity index (χ0v) is 10.5. The molecule has 104 valence electrons. The summed E-state index contributed by atoms with van der Waals surface area (Å²) in [7, 11) is 1.93. The minimum atomic E-state index is -4.85. The van der Waals surface area contributed by atoms with E-state index in [1.165, 1.54) is 0 Å². The molecule has 4 nitrogen and oxygen atoms in total. The average molecular weight is 266 g/mol. The SMILES string of the molecule is CCO/C(=C/C(=O)C(F)(F)F)N1CCN(C)CC1. The maximum atomic E-state index is 12.2. The molecule has 1 saturated heterocycles. The van der Waals surface area contributed by atoms with E-state index in [1.807, 2.05) is 7.05 Å². The van der Waals surface area contributed by atoms with Gasteiger partial charge in [0.25, 0.3) is 5.78 Å². The smallest absolute Gasteiger partial charge is 0.454 e. The molecule has 0 atom stereocenters. The summed E-state index contributed by atoms with van der Waals surface area (Å²) >= 11 is 0. The van der Waals surface area contributed by atoms with Crippen molar-refractivity contribution in [2.45, 2.75) is 13.1 Å². The number of hydrogen-bond acceptors (Lipinski definition) is 4. The zero-order chi connectivity index (χ0) is 13.8. The number of likely N-dealkylation sites (N-methyl/N-ethyl adjacent to an activating group) is 1. The Morgan fingerprint density at radius 3 is 2.28 bits per heavy atom. The van der Waals surface area contributed by atoms with Crippen molar-refractivity contribution < 1.29 is 22.7 Å². The van der Waals surface area contributed by atoms with Crippen LogP contribution in [0.15, 0.2) is 12.0 Å². The van der Waals surface area contributed by atoms with Gasteiger partial charge in [-0.15, -0.1) is 0 Å². The van der Waals surface area contributed by atoms with Crippen LogP contribution in [0.2, 0.25) is 0 Å². The third kappa shape index (κ3) is 4.21. The van der Waals surface area contributed by atoms with Crippen LogP contribution in [0.5, 0.6) is 0 Å². The molecule has 1 aliphatic heterocycles. The maximum Gasteiger partial charge on any atom is 0.454 e. The number of ether oxygens (including phenoxy) is 1. The van der Waals surface area contributed by atoms with E-state index in [2.05, 4.69) is 4.90 Å². The van der Waals surface area contributed by atoms with Crippen LogP contribution in [-0.4, -0.2) is 61.6 Å². The van der Waals surface area contributed by atoms with Crippen LogP contribution in [0.4, 0.5) is 13.2 Å². The molecule has 0 aliphatic carbocycles. The molecule has 7 heteroatoms. The largest absolute Gasteiger partial charge is 0.479 e. The van der Waals surface area contributed by atoms with Crippen LogP contribution >= 0.6 is 0 Å². The lowest BCUT2D eigenvalue weighted by Crippen LogP contribution is -2.44. The standard InChI is InChI=1S/C11H17F3N2O2/c1-3-18-10(8-9(17)11(12,13)14)16-6-4-15(2)5-7-16/h8H,3-7H2,1-2H3/b10-8+. The van der Waals surface area contributed by atoms with Crippen LogP contribution in [0.1, 0.15) is 6.92 Å². The molecule has 0 aromatic heterocycles. The highest BCUT2D eigenvalue weighted by molar-refractivity contribution is 5.94. The van der Waals surface area contributed by atoms with Crippen molar-refractivity contribution in [3.8, 4) is 0 Å². The van der Waals surface area contributed by atoms with E-state index >= 15 is 0 Å². The topological polar surface area (TPSA) is 32.8 Å². The van der Waals surface area contributed by atoms with Gasteiger partial charge < -0.3 is 14.5 Å². The van der Waals surface area contributed by atoms with Crippen molar-refractivity contribution in [2.24, 2.45) is 0 Å². The Morgan fingerprint density at radius 2 is 1.83 bits per heavy atom. The average Bonchev–Trinajstić information content (AvgIpc) is 2.28. The number of rotatable bonds is 4. The lowest BCUT2D eigenvalue weighted by Gasteiger charge is -2.34. The summed E-state index contributed by atoms with van der Waals surface area (Å²) in [6.45, 7) is 4.45. The first kappa shape index (κ1) is 14.8. The van der Waals surface area contributed by atoms with Crippen molar-refractivity contribution in [3.63, 3.8) is 0 Å². The van der Waals surface area contributed by atoms with Gasteiger partial charge in [-0.3, -0.25) is 4.79 Å². The number of allylic oxidation sites excluding steroid dienone is 1. The molecule has 0 aromatic rings. The van der Waals surface area contributed by atoms with Gasteiger partial charge in [-0.25, -0.2) is 0 Å². The fraction of sp³-hybridized carbons (Fsp3) is 0.727. The Labute approximate surface area is 104 Å². The number of ketones is 1. The van der Waals surface area contributed by atoms with E-state index in [1.54, 1.807) is 11.8 Å². The summed E-state index contributed by atoms with van der Waals surface area (Å²) in [5, 5.41) is 0. The van der Waals surface area contributed by atoms with Crippen LogP contribution in [0.25, 0.3) is 0 Å². The number of carbonyl (C=O) groups excluding carboxylic acids is 1. The van der Waals surface area contributed by atoms with E-state index in [-0.39, 0.29) is 12.5 Å². The van der Waals surface area contributed by atoms with E-state index in [9.17, 15) is 18.0 Å². The molecule has 0 bridgehead atoms. The first-order valence-electron chi connectivity index (χ1n) is 5.73. The minimum absolute atomic E-state index is 0.00734. The molecule has 1 rings (SSSR count). The molecule has 18 heavy (non-hydrogen) atoms. The first-order valence-corrected chi connectivity index (χ1v) is 5.73. The third-order valence-corrected chi connectivity index (χ3v) is 2.64. The van der Waals surface area contributed by atoms with Crippen molar-refractivity contribution in [2.75, 3.05) is 39.8 Å². The molecule has 0 unspecified atom stereocenters. The van der Waals surface area contributed by atoms with Crippen molar-refractivity contribution in [1.29, 1.82) is 0 Å². The molecule has 0 aromatic carbocycles. The molecular weight excluding hydrogens is 249 g/mol. The van der Waals surface area contributed by atoms with Gasteiger partial charge in [-0.2, -0.15) is 13.2 Å². The lowest BCUT2D eigenvalue weighted by atomic mass is 10.3. The summed E-state index contributed by atoms with van der Waals surface area (Å²) in [4.78, 5) is 14.7. The van der Waals surface area contributed by atoms with Crippen molar-refractivity contribution in [3.05, 3.63) is 12.0 Å². The van der Waals surface area contributed by atoms with Gasteiger partial charge in [-0.05, 0) is 14.0 Å². The highest BCUT2D eigenvalue weighted by Gasteiger charge is 2.37. The second kappa shape index (κ2) is 6.08. The molecule has 0 amide bonds. The number of carbonyl (C=O) groups is 1. The molecule has 0 N–H and O–H groups in total. The van der Waals surface area contributed by atoms with Crippen molar-refractivity contribution in [1.82, 2.24) is 9.80 Å². The van der Waals surface area contributed by atoms with Gasteiger partial charge in [0.15, 0.2) is 5.88 Å². The summed E-state index contributed by atoms with van der Waals surface area (Å²) in [5.41, 5.74) is 0.